The van der Waals surface area contributed by atoms with E-state index in [-0.39, 0.29) is 11.2 Å². The van der Waals surface area contributed by atoms with E-state index in [4.69, 9.17) is 4.74 Å². The van der Waals surface area contributed by atoms with Crippen molar-refractivity contribution in [2.24, 2.45) is 0 Å². The fraction of sp³-hybridized carbons (Fsp3) is 0.571. The van der Waals surface area contributed by atoms with E-state index in [1.807, 2.05) is 6.07 Å². The number of likely N-dealkylation sites (N-methyl/N-ethyl adjacent to an activating group) is 1. The van der Waals surface area contributed by atoms with Crippen LogP contribution in [-0.4, -0.2) is 50.8 Å². The Bertz CT molecular complexity index is 434. The first-order chi connectivity index (χ1) is 8.71. The third-order valence-electron chi connectivity index (χ3n) is 4.16. The molecule has 0 radical (unpaired) electrons. The third-order valence-corrected chi connectivity index (χ3v) is 4.16. The van der Waals surface area contributed by atoms with E-state index in [0.29, 0.717) is 19.3 Å². The Morgan fingerprint density at radius 2 is 2.28 bits per heavy atom. The average molecular weight is 250 g/mol. The van der Waals surface area contributed by atoms with Crippen molar-refractivity contribution in [3.63, 3.8) is 0 Å². The van der Waals surface area contributed by atoms with Gasteiger partial charge in [0, 0.05) is 25.7 Å². The lowest BCUT2D eigenvalue weighted by molar-refractivity contribution is -0.0866. The van der Waals surface area contributed by atoms with Crippen molar-refractivity contribution in [3.05, 3.63) is 35.6 Å². The molecule has 2 saturated heterocycles. The first kappa shape index (κ1) is 12.1. The average Bonchev–Trinajstić information content (AvgIpc) is 2.28. The van der Waals surface area contributed by atoms with Crippen molar-refractivity contribution in [1.82, 2.24) is 10.2 Å². The topological polar surface area (TPSA) is 24.5 Å². The second-order valence-electron chi connectivity index (χ2n) is 5.43. The number of rotatable bonds is 2. The first-order valence-corrected chi connectivity index (χ1v) is 6.46. The van der Waals surface area contributed by atoms with Crippen LogP contribution >= 0.6 is 0 Å². The molecule has 4 heteroatoms. The Labute approximate surface area is 107 Å². The zero-order valence-corrected chi connectivity index (χ0v) is 10.7. The Balaban J connectivity index is 1.89. The molecule has 1 aromatic carbocycles. The molecule has 0 bridgehead atoms. The van der Waals surface area contributed by atoms with Crippen LogP contribution in [0.5, 0.6) is 0 Å². The number of hydrogen-bond donors (Lipinski definition) is 1. The minimum atomic E-state index is -0.164. The van der Waals surface area contributed by atoms with E-state index < -0.39 is 0 Å². The highest BCUT2D eigenvalue weighted by Crippen LogP contribution is 2.37. The van der Waals surface area contributed by atoms with E-state index >= 15 is 0 Å². The molecule has 2 heterocycles. The van der Waals surface area contributed by atoms with Crippen LogP contribution in [-0.2, 0) is 10.2 Å². The highest BCUT2D eigenvalue weighted by Gasteiger charge is 2.48. The molecule has 2 aliphatic heterocycles. The lowest BCUT2D eigenvalue weighted by atomic mass is 9.71. The summed E-state index contributed by atoms with van der Waals surface area (Å²) in [7, 11) is 2.13. The molecule has 2 fully saturated rings. The minimum absolute atomic E-state index is 0.0587. The quantitative estimate of drug-likeness (QED) is 0.847. The molecular formula is C14H19FN2O. The third kappa shape index (κ3) is 1.94. The molecule has 1 unspecified atom stereocenters. The van der Waals surface area contributed by atoms with E-state index in [9.17, 15) is 4.39 Å². The van der Waals surface area contributed by atoms with Gasteiger partial charge < -0.3 is 15.0 Å². The van der Waals surface area contributed by atoms with Crippen LogP contribution in [0.4, 0.5) is 4.39 Å². The van der Waals surface area contributed by atoms with E-state index in [1.54, 1.807) is 12.1 Å². The van der Waals surface area contributed by atoms with Crippen LogP contribution in [0.25, 0.3) is 0 Å². The maximum atomic E-state index is 13.4. The van der Waals surface area contributed by atoms with Gasteiger partial charge in [0.05, 0.1) is 18.6 Å². The van der Waals surface area contributed by atoms with Gasteiger partial charge in [-0.25, -0.2) is 4.39 Å². The molecule has 18 heavy (non-hydrogen) atoms. The van der Waals surface area contributed by atoms with Crippen molar-refractivity contribution in [3.8, 4) is 0 Å². The van der Waals surface area contributed by atoms with Crippen molar-refractivity contribution >= 4 is 0 Å². The molecule has 0 aliphatic carbocycles. The van der Waals surface area contributed by atoms with Gasteiger partial charge >= 0.3 is 0 Å². The smallest absolute Gasteiger partial charge is 0.123 e. The summed E-state index contributed by atoms with van der Waals surface area (Å²) in [4.78, 5) is 2.32. The van der Waals surface area contributed by atoms with Crippen molar-refractivity contribution in [2.45, 2.75) is 11.5 Å². The number of halogens is 1. The molecule has 1 N–H and O–H groups in total. The number of ether oxygens (including phenoxy) is 1. The maximum Gasteiger partial charge on any atom is 0.123 e. The summed E-state index contributed by atoms with van der Waals surface area (Å²) in [6.07, 6.45) is 0. The highest BCUT2D eigenvalue weighted by atomic mass is 19.1. The maximum absolute atomic E-state index is 13.4. The Hall–Kier alpha value is -0.970. The van der Waals surface area contributed by atoms with E-state index in [0.717, 1.165) is 25.2 Å². The number of nitrogens with one attached hydrogen (secondary N) is 1. The highest BCUT2D eigenvalue weighted by molar-refractivity contribution is 5.31. The molecule has 0 amide bonds. The second kappa shape index (κ2) is 4.61. The Morgan fingerprint density at radius 3 is 2.89 bits per heavy atom. The van der Waals surface area contributed by atoms with Crippen LogP contribution < -0.4 is 5.32 Å². The molecule has 1 aromatic rings. The Kier molecular flexibility index (Phi) is 3.09. The van der Waals surface area contributed by atoms with E-state index in [1.165, 1.54) is 6.07 Å². The molecule has 0 aromatic heterocycles. The molecule has 0 saturated carbocycles. The van der Waals surface area contributed by atoms with Gasteiger partial charge in [-0.3, -0.25) is 0 Å². The number of nitrogens with zero attached hydrogens (tertiary/aromatic N) is 1. The molecule has 98 valence electrons. The monoisotopic (exact) mass is 250 g/mol. The standard InChI is InChI=1S/C14H19FN2O/c1-17-6-5-16-13(8-17)14(9-18-10-14)11-3-2-4-12(15)7-11/h2-4,7,13,16H,5-6,8-10H2,1H3. The normalized spacial score (nSPS) is 27.8. The van der Waals surface area contributed by atoms with Gasteiger partial charge in [-0.05, 0) is 24.7 Å². The van der Waals surface area contributed by atoms with Crippen LogP contribution in [0.2, 0.25) is 0 Å². The number of piperazine rings is 1. The molecule has 3 nitrogen and oxygen atoms in total. The largest absolute Gasteiger partial charge is 0.379 e. The number of benzene rings is 1. The van der Waals surface area contributed by atoms with Gasteiger partial charge in [0.1, 0.15) is 5.82 Å². The summed E-state index contributed by atoms with van der Waals surface area (Å²) < 4.78 is 18.9. The van der Waals surface area contributed by atoms with Crippen LogP contribution in [0.1, 0.15) is 5.56 Å². The van der Waals surface area contributed by atoms with Crippen LogP contribution in [0, 0.1) is 5.82 Å². The van der Waals surface area contributed by atoms with Gasteiger partial charge in [0.2, 0.25) is 0 Å². The summed E-state index contributed by atoms with van der Waals surface area (Å²) in [6, 6.07) is 7.29. The van der Waals surface area contributed by atoms with Gasteiger partial charge in [-0.15, -0.1) is 0 Å². The fourth-order valence-corrected chi connectivity index (χ4v) is 2.96. The lowest BCUT2D eigenvalue weighted by Crippen LogP contribution is -2.66. The predicted molar refractivity (Wildman–Crippen MR) is 68.2 cm³/mol. The molecular weight excluding hydrogens is 231 g/mol. The van der Waals surface area contributed by atoms with Gasteiger partial charge in [0.15, 0.2) is 0 Å². The van der Waals surface area contributed by atoms with Gasteiger partial charge in [0.25, 0.3) is 0 Å². The summed E-state index contributed by atoms with van der Waals surface area (Å²) in [6.45, 7) is 4.40. The van der Waals surface area contributed by atoms with Crippen molar-refractivity contribution < 1.29 is 9.13 Å². The molecule has 3 rings (SSSR count). The zero-order chi connectivity index (χ0) is 12.6. The summed E-state index contributed by atoms with van der Waals surface area (Å²) in [5.74, 6) is -0.164. The van der Waals surface area contributed by atoms with E-state index in [2.05, 4.69) is 17.3 Å². The molecule has 1 atom stereocenters. The minimum Gasteiger partial charge on any atom is -0.379 e. The molecule has 2 aliphatic rings. The number of hydrogen-bond acceptors (Lipinski definition) is 3. The first-order valence-electron chi connectivity index (χ1n) is 6.46. The SMILES string of the molecule is CN1CCNC(C2(c3cccc(F)c3)COC2)C1. The summed E-state index contributed by atoms with van der Waals surface area (Å²) >= 11 is 0. The van der Waals surface area contributed by atoms with Crippen LogP contribution in [0.3, 0.4) is 0 Å². The summed E-state index contributed by atoms with van der Waals surface area (Å²) in [5, 5.41) is 3.57. The predicted octanol–water partition coefficient (Wildman–Crippen LogP) is 0.997. The van der Waals surface area contributed by atoms with Crippen molar-refractivity contribution in [2.75, 3.05) is 39.9 Å². The van der Waals surface area contributed by atoms with Crippen molar-refractivity contribution in [1.29, 1.82) is 0 Å². The lowest BCUT2D eigenvalue weighted by Gasteiger charge is -2.50. The van der Waals surface area contributed by atoms with Crippen LogP contribution in [0.15, 0.2) is 24.3 Å². The molecule has 0 spiro atoms. The van der Waals surface area contributed by atoms with Gasteiger partial charge in [-0.2, -0.15) is 0 Å². The zero-order valence-electron chi connectivity index (χ0n) is 10.7. The van der Waals surface area contributed by atoms with Gasteiger partial charge in [-0.1, -0.05) is 12.1 Å². The summed E-state index contributed by atoms with van der Waals surface area (Å²) in [5.41, 5.74) is 0.998. The Morgan fingerprint density at radius 1 is 1.44 bits per heavy atom. The second-order valence-corrected chi connectivity index (χ2v) is 5.43. The fourth-order valence-electron chi connectivity index (χ4n) is 2.96.